The van der Waals surface area contributed by atoms with Gasteiger partial charge < -0.3 is 4.57 Å². The minimum absolute atomic E-state index is 0.677. The molecule has 3 N–H and O–H groups in total. The first-order chi connectivity index (χ1) is 6.83. The smallest absolute Gasteiger partial charge is 0.218 e. The summed E-state index contributed by atoms with van der Waals surface area (Å²) >= 11 is 0. The van der Waals surface area contributed by atoms with Crippen LogP contribution < -0.4 is 11.3 Å². The van der Waals surface area contributed by atoms with Gasteiger partial charge in [-0.05, 0) is 12.1 Å². The average molecular weight is 192 g/mol. The van der Waals surface area contributed by atoms with Crippen LogP contribution >= 0.6 is 0 Å². The minimum Gasteiger partial charge on any atom is -0.312 e. The first kappa shape index (κ1) is 10.5. The van der Waals surface area contributed by atoms with Gasteiger partial charge in [-0.15, -0.1) is 0 Å². The molecule has 0 saturated heterocycles. The molecule has 0 aliphatic heterocycles. The molecule has 0 unspecified atom stereocenters. The van der Waals surface area contributed by atoms with Crippen LogP contribution in [0, 0.1) is 0 Å². The van der Waals surface area contributed by atoms with Gasteiger partial charge in [0.05, 0.1) is 11.0 Å². The third kappa shape index (κ3) is 1.70. The largest absolute Gasteiger partial charge is 0.312 e. The third-order valence-corrected chi connectivity index (χ3v) is 1.92. The van der Waals surface area contributed by atoms with Gasteiger partial charge in [-0.25, -0.2) is 10.8 Å². The highest BCUT2D eigenvalue weighted by Crippen LogP contribution is 2.16. The summed E-state index contributed by atoms with van der Waals surface area (Å²) in [6, 6.07) is 7.89. The van der Waals surface area contributed by atoms with E-state index in [1.165, 1.54) is 0 Å². The highest BCUT2D eigenvalue weighted by Gasteiger charge is 2.03. The molecule has 0 spiro atoms. The molecule has 0 radical (unpaired) electrons. The van der Waals surface area contributed by atoms with Crippen molar-refractivity contribution >= 4 is 17.0 Å². The van der Waals surface area contributed by atoms with Crippen LogP contribution in [0.2, 0.25) is 0 Å². The van der Waals surface area contributed by atoms with Gasteiger partial charge in [-0.3, -0.25) is 5.43 Å². The van der Waals surface area contributed by atoms with Crippen molar-refractivity contribution in [1.29, 1.82) is 0 Å². The normalized spacial score (nSPS) is 9.43. The van der Waals surface area contributed by atoms with E-state index in [1.54, 1.807) is 0 Å². The first-order valence-electron chi connectivity index (χ1n) is 4.71. The number of benzene rings is 1. The molecule has 1 heterocycles. The fourth-order valence-corrected chi connectivity index (χ4v) is 1.27. The van der Waals surface area contributed by atoms with E-state index in [9.17, 15) is 0 Å². The number of hydrazine groups is 1. The maximum atomic E-state index is 5.28. The Kier molecular flexibility index (Phi) is 3.48. The Morgan fingerprint density at radius 1 is 1.29 bits per heavy atom. The number of nitrogen functional groups attached to an aromatic ring is 1. The number of para-hydroxylation sites is 2. The van der Waals surface area contributed by atoms with Gasteiger partial charge in [0, 0.05) is 7.05 Å². The van der Waals surface area contributed by atoms with Crippen molar-refractivity contribution in [2.45, 2.75) is 13.8 Å². The van der Waals surface area contributed by atoms with Crippen LogP contribution in [0.25, 0.3) is 11.0 Å². The second kappa shape index (κ2) is 4.62. The Morgan fingerprint density at radius 2 is 1.93 bits per heavy atom. The summed E-state index contributed by atoms with van der Waals surface area (Å²) in [6.45, 7) is 4.00. The van der Waals surface area contributed by atoms with Crippen LogP contribution in [0.5, 0.6) is 0 Å². The molecule has 14 heavy (non-hydrogen) atoms. The third-order valence-electron chi connectivity index (χ3n) is 1.92. The summed E-state index contributed by atoms with van der Waals surface area (Å²) in [5.74, 6) is 5.96. The summed E-state index contributed by atoms with van der Waals surface area (Å²) in [4.78, 5) is 4.26. The van der Waals surface area contributed by atoms with E-state index in [-0.39, 0.29) is 0 Å². The van der Waals surface area contributed by atoms with E-state index >= 15 is 0 Å². The summed E-state index contributed by atoms with van der Waals surface area (Å²) in [5.41, 5.74) is 4.56. The number of anilines is 1. The lowest BCUT2D eigenvalue weighted by Gasteiger charge is -1.98. The molecule has 0 aliphatic rings. The molecular formula is C10H16N4. The first-order valence-corrected chi connectivity index (χ1v) is 4.71. The molecule has 4 nitrogen and oxygen atoms in total. The zero-order valence-electron chi connectivity index (χ0n) is 8.78. The number of rotatable bonds is 1. The molecular weight excluding hydrogens is 176 g/mol. The van der Waals surface area contributed by atoms with Crippen molar-refractivity contribution in [3.8, 4) is 0 Å². The number of nitrogens with two attached hydrogens (primary N) is 1. The molecule has 0 bridgehead atoms. The highest BCUT2D eigenvalue weighted by molar-refractivity contribution is 5.78. The van der Waals surface area contributed by atoms with Gasteiger partial charge in [-0.2, -0.15) is 0 Å². The maximum Gasteiger partial charge on any atom is 0.218 e. The Morgan fingerprint density at radius 3 is 2.50 bits per heavy atom. The number of hydrogen-bond acceptors (Lipinski definition) is 3. The van der Waals surface area contributed by atoms with Gasteiger partial charge >= 0.3 is 0 Å². The molecule has 0 atom stereocenters. The Labute approximate surface area is 83.7 Å². The van der Waals surface area contributed by atoms with Crippen LogP contribution in [0.15, 0.2) is 24.3 Å². The number of nitrogens with one attached hydrogen (secondary N) is 1. The van der Waals surface area contributed by atoms with Crippen molar-refractivity contribution in [2.75, 3.05) is 5.43 Å². The van der Waals surface area contributed by atoms with Gasteiger partial charge in [0.2, 0.25) is 5.95 Å². The van der Waals surface area contributed by atoms with Crippen LogP contribution in [0.3, 0.4) is 0 Å². The van der Waals surface area contributed by atoms with E-state index in [4.69, 9.17) is 5.84 Å². The molecule has 76 valence electrons. The summed E-state index contributed by atoms with van der Waals surface area (Å²) in [7, 11) is 1.92. The van der Waals surface area contributed by atoms with E-state index in [1.807, 2.05) is 49.7 Å². The quantitative estimate of drug-likeness (QED) is 0.536. The monoisotopic (exact) mass is 192 g/mol. The Bertz CT molecular complexity index is 405. The van der Waals surface area contributed by atoms with E-state index in [2.05, 4.69) is 10.4 Å². The minimum atomic E-state index is 0.677. The van der Waals surface area contributed by atoms with E-state index in [0.29, 0.717) is 5.95 Å². The zero-order valence-corrected chi connectivity index (χ0v) is 8.78. The van der Waals surface area contributed by atoms with Crippen molar-refractivity contribution in [3.63, 3.8) is 0 Å². The van der Waals surface area contributed by atoms with Crippen molar-refractivity contribution in [2.24, 2.45) is 12.9 Å². The second-order valence-corrected chi connectivity index (χ2v) is 2.63. The molecule has 2 aromatic rings. The molecule has 1 aromatic carbocycles. The van der Waals surface area contributed by atoms with Crippen LogP contribution in [0.1, 0.15) is 13.8 Å². The van der Waals surface area contributed by atoms with Crippen LogP contribution in [0.4, 0.5) is 5.95 Å². The topological polar surface area (TPSA) is 55.9 Å². The summed E-state index contributed by atoms with van der Waals surface area (Å²) in [6.07, 6.45) is 0. The van der Waals surface area contributed by atoms with Gasteiger partial charge in [-0.1, -0.05) is 26.0 Å². The average Bonchev–Trinajstić information content (AvgIpc) is 2.59. The molecule has 2 rings (SSSR count). The molecule has 4 heteroatoms. The second-order valence-electron chi connectivity index (χ2n) is 2.63. The molecule has 0 amide bonds. The maximum absolute atomic E-state index is 5.28. The highest BCUT2D eigenvalue weighted by atomic mass is 15.3. The number of nitrogens with zero attached hydrogens (tertiary/aromatic N) is 2. The number of aromatic nitrogens is 2. The lowest BCUT2D eigenvalue weighted by atomic mass is 10.3. The number of imidazole rings is 1. The van der Waals surface area contributed by atoms with E-state index in [0.717, 1.165) is 11.0 Å². The molecule has 0 aliphatic carbocycles. The fraction of sp³-hybridized carbons (Fsp3) is 0.300. The number of fused-ring (bicyclic) bond motifs is 1. The summed E-state index contributed by atoms with van der Waals surface area (Å²) in [5, 5.41) is 0. The van der Waals surface area contributed by atoms with E-state index < -0.39 is 0 Å². The zero-order chi connectivity index (χ0) is 10.6. The molecule has 1 aromatic heterocycles. The van der Waals surface area contributed by atoms with Crippen molar-refractivity contribution in [1.82, 2.24) is 9.55 Å². The van der Waals surface area contributed by atoms with Gasteiger partial charge in [0.25, 0.3) is 0 Å². The Hall–Kier alpha value is -1.55. The van der Waals surface area contributed by atoms with Crippen molar-refractivity contribution in [3.05, 3.63) is 24.3 Å². The number of hydrogen-bond donors (Lipinski definition) is 2. The predicted octanol–water partition coefficient (Wildman–Crippen LogP) is 1.89. The van der Waals surface area contributed by atoms with Gasteiger partial charge in [0.1, 0.15) is 0 Å². The summed E-state index contributed by atoms with van der Waals surface area (Å²) < 4.78 is 1.91. The van der Waals surface area contributed by atoms with Crippen LogP contribution in [-0.2, 0) is 7.05 Å². The lowest BCUT2D eigenvalue weighted by Crippen LogP contribution is -2.11. The fourth-order valence-electron chi connectivity index (χ4n) is 1.27. The lowest BCUT2D eigenvalue weighted by molar-refractivity contribution is 0.942. The SMILES string of the molecule is CC.Cn1c(NN)nc2ccccc21. The standard InChI is InChI=1S/C8H10N4.C2H6/c1-12-7-5-3-2-4-6(7)10-8(12)11-9;1-2/h2-5H,9H2,1H3,(H,10,11);1-2H3. The molecule has 0 saturated carbocycles. The van der Waals surface area contributed by atoms with Crippen LogP contribution in [-0.4, -0.2) is 9.55 Å². The van der Waals surface area contributed by atoms with Gasteiger partial charge in [0.15, 0.2) is 0 Å². The predicted molar refractivity (Wildman–Crippen MR) is 59.9 cm³/mol. The number of aryl methyl sites for hydroxylation is 1. The molecule has 0 fully saturated rings. The Balaban J connectivity index is 0.000000461. The van der Waals surface area contributed by atoms with Crippen molar-refractivity contribution < 1.29 is 0 Å².